The number of esters is 1. The van der Waals surface area contributed by atoms with E-state index < -0.39 is 53.3 Å². The van der Waals surface area contributed by atoms with Crippen molar-refractivity contribution in [1.82, 2.24) is 14.8 Å². The van der Waals surface area contributed by atoms with Crippen molar-refractivity contribution < 1.29 is 29.0 Å². The molecule has 6 aromatic carbocycles. The molecule has 2 saturated heterocycles. The summed E-state index contributed by atoms with van der Waals surface area (Å²) >= 11 is 1.32. The molecule has 0 radical (unpaired) electrons. The van der Waals surface area contributed by atoms with Crippen molar-refractivity contribution in [2.45, 2.75) is 36.2 Å². The van der Waals surface area contributed by atoms with E-state index in [-0.39, 0.29) is 13.2 Å². The first-order valence-corrected chi connectivity index (χ1v) is 22.4. The summed E-state index contributed by atoms with van der Waals surface area (Å²) in [5.41, 5.74) is 4.18. The van der Waals surface area contributed by atoms with E-state index in [9.17, 15) is 5.11 Å². The highest BCUT2D eigenvalue weighted by Crippen LogP contribution is 2.65. The number of hydrogen-bond acceptors (Lipinski definition) is 10. The molecule has 1 spiro atoms. The van der Waals surface area contributed by atoms with Gasteiger partial charge in [0.25, 0.3) is 0 Å². The Bertz CT molecular complexity index is 2900. The Morgan fingerprint density at radius 2 is 1.55 bits per heavy atom. The maximum Gasteiger partial charge on any atom is 0.324 e. The Kier molecular flexibility index (Phi) is 11.5. The van der Waals surface area contributed by atoms with Gasteiger partial charge in [-0.25, -0.2) is 4.98 Å². The molecule has 11 nitrogen and oxygen atoms in total. The minimum Gasteiger partial charge on any atom is -0.491 e. The maximum atomic E-state index is 15.6. The Balaban J connectivity index is 1.17. The highest BCUT2D eigenvalue weighted by atomic mass is 32.1. The number of hydrogen-bond donors (Lipinski definition) is 3. The van der Waals surface area contributed by atoms with Gasteiger partial charge in [0.15, 0.2) is 5.13 Å². The van der Waals surface area contributed by atoms with Crippen LogP contribution in [-0.2, 0) is 31.1 Å². The molecule has 65 heavy (non-hydrogen) atoms. The van der Waals surface area contributed by atoms with Gasteiger partial charge in [0.2, 0.25) is 11.8 Å². The summed E-state index contributed by atoms with van der Waals surface area (Å²) in [6.07, 6.45) is -0.811. The van der Waals surface area contributed by atoms with E-state index in [2.05, 4.69) is 44.4 Å². The number of carbonyl (C=O) groups is 3. The van der Waals surface area contributed by atoms with Crippen molar-refractivity contribution in [2.24, 2.45) is 5.92 Å². The smallest absolute Gasteiger partial charge is 0.324 e. The van der Waals surface area contributed by atoms with E-state index in [0.29, 0.717) is 45.3 Å². The first kappa shape index (κ1) is 41.8. The molecule has 6 unspecified atom stereocenters. The van der Waals surface area contributed by atoms with Crippen molar-refractivity contribution in [3.63, 3.8) is 0 Å². The summed E-state index contributed by atoms with van der Waals surface area (Å²) in [7, 11) is 2.01. The van der Waals surface area contributed by atoms with Crippen molar-refractivity contribution in [3.8, 4) is 17.6 Å². The zero-order chi connectivity index (χ0) is 44.5. The molecule has 3 N–H and O–H groups in total. The fourth-order valence-corrected chi connectivity index (χ4v) is 10.8. The maximum absolute atomic E-state index is 15.6. The van der Waals surface area contributed by atoms with Gasteiger partial charge in [-0.3, -0.25) is 24.2 Å². The average molecular weight is 880 g/mol. The second kappa shape index (κ2) is 17.8. The zero-order valence-electron chi connectivity index (χ0n) is 35.5. The van der Waals surface area contributed by atoms with Crippen molar-refractivity contribution in [2.75, 3.05) is 37.4 Å². The van der Waals surface area contributed by atoms with Gasteiger partial charge in [0.1, 0.15) is 29.9 Å². The average Bonchev–Trinajstić information content (AvgIpc) is 3.98. The minimum absolute atomic E-state index is 0.0945. The largest absolute Gasteiger partial charge is 0.491 e. The lowest BCUT2D eigenvalue weighted by Crippen LogP contribution is -2.53. The quantitative estimate of drug-likeness (QED) is 0.0872. The first-order chi connectivity index (χ1) is 31.8. The second-order valence-corrected chi connectivity index (χ2v) is 17.6. The number of ether oxygens (including phenoxy) is 2. The van der Waals surface area contributed by atoms with E-state index >= 15 is 14.4 Å². The lowest BCUT2D eigenvalue weighted by atomic mass is 9.65. The number of rotatable bonds is 11. The third-order valence-electron chi connectivity index (χ3n) is 12.5. The number of anilines is 2. The molecule has 10 rings (SSSR count). The van der Waals surface area contributed by atoms with E-state index in [4.69, 9.17) is 14.5 Å². The normalized spacial score (nSPS) is 22.2. The predicted molar refractivity (Wildman–Crippen MR) is 250 cm³/mol. The molecule has 4 heterocycles. The number of amides is 2. The van der Waals surface area contributed by atoms with Crippen LogP contribution in [0.15, 0.2) is 158 Å². The molecular weight excluding hydrogens is 835 g/mol. The summed E-state index contributed by atoms with van der Waals surface area (Å²) in [6.45, 7) is 1.13. The Hall–Kier alpha value is -7.14. The number of nitrogens with zero attached hydrogens (tertiary/aromatic N) is 3. The molecule has 3 aliphatic heterocycles. The van der Waals surface area contributed by atoms with E-state index in [1.54, 1.807) is 12.1 Å². The number of aliphatic hydroxyl groups excluding tert-OH is 1. The Morgan fingerprint density at radius 3 is 2.28 bits per heavy atom. The van der Waals surface area contributed by atoms with Gasteiger partial charge < -0.3 is 25.2 Å². The van der Waals surface area contributed by atoms with Gasteiger partial charge in [-0.05, 0) is 77.3 Å². The molecular formula is C53H45N5O6S. The molecule has 0 saturated carbocycles. The molecule has 0 bridgehead atoms. The van der Waals surface area contributed by atoms with Crippen molar-refractivity contribution in [1.29, 1.82) is 0 Å². The number of nitrogens with one attached hydrogen (secondary N) is 2. The van der Waals surface area contributed by atoms with Crippen LogP contribution in [0.4, 0.5) is 10.8 Å². The van der Waals surface area contributed by atoms with Crippen LogP contribution in [0, 0.1) is 17.8 Å². The van der Waals surface area contributed by atoms with Crippen LogP contribution >= 0.6 is 11.3 Å². The fraction of sp³-hybridized carbons (Fsp3) is 0.208. The predicted octanol–water partition coefficient (Wildman–Crippen LogP) is 8.06. The Morgan fingerprint density at radius 1 is 0.862 bits per heavy atom. The number of aromatic nitrogens is 1. The molecule has 2 amide bonds. The molecule has 1 aromatic heterocycles. The summed E-state index contributed by atoms with van der Waals surface area (Å²) in [5.74, 6) is 4.25. The summed E-state index contributed by atoms with van der Waals surface area (Å²) in [5, 5.41) is 16.1. The summed E-state index contributed by atoms with van der Waals surface area (Å²) in [4.78, 5) is 55.3. The third kappa shape index (κ3) is 7.72. The molecule has 12 heteroatoms. The van der Waals surface area contributed by atoms with E-state index in [0.717, 1.165) is 22.4 Å². The van der Waals surface area contributed by atoms with E-state index in [1.807, 2.05) is 141 Å². The van der Waals surface area contributed by atoms with Gasteiger partial charge in [-0.2, -0.15) is 0 Å². The van der Waals surface area contributed by atoms with Crippen LogP contribution in [0.2, 0.25) is 0 Å². The molecule has 6 atom stereocenters. The number of benzene rings is 6. The number of aliphatic hydroxyl groups is 1. The standard InChI is InChI=1S/C53H45N5O6S/c1-57(33-35-14-5-2-6-15-35)29-13-16-34-23-28-41-40(32-34)53(51(62)54-41)44(49(60)56-52-55-42-21-11-12-22-43(42)65-52)46-50(61)64-47(37-19-9-4-10-20-37)45(36-17-7-3-8-18-36)58(46)48(53)38-24-26-39(27-25-38)63-31-30-59/h2-12,14-15,17-28,32,44-48,59H,29-31,33H2,1H3,(H,54,62)(H,55,56,60). The summed E-state index contributed by atoms with van der Waals surface area (Å²) < 4.78 is 13.3. The van der Waals surface area contributed by atoms with Crippen LogP contribution in [0.5, 0.6) is 5.75 Å². The molecule has 0 aliphatic carbocycles. The van der Waals surface area contributed by atoms with Gasteiger partial charge in [0.05, 0.1) is 41.4 Å². The van der Waals surface area contributed by atoms with E-state index in [1.165, 1.54) is 16.9 Å². The first-order valence-electron chi connectivity index (χ1n) is 21.6. The number of morpholine rings is 1. The number of carbonyl (C=O) groups excluding carboxylic acids is 3. The van der Waals surface area contributed by atoms with Gasteiger partial charge >= 0.3 is 5.97 Å². The monoisotopic (exact) mass is 879 g/mol. The number of para-hydroxylation sites is 1. The Labute approximate surface area is 380 Å². The van der Waals surface area contributed by atoms with Gasteiger partial charge in [-0.1, -0.05) is 138 Å². The van der Waals surface area contributed by atoms with Crippen molar-refractivity contribution >= 4 is 50.2 Å². The zero-order valence-corrected chi connectivity index (χ0v) is 36.3. The third-order valence-corrected chi connectivity index (χ3v) is 13.5. The lowest BCUT2D eigenvalue weighted by molar-refractivity contribution is -0.177. The molecule has 3 aliphatic rings. The number of fused-ring (bicyclic) bond motifs is 4. The number of thiazole rings is 1. The second-order valence-electron chi connectivity index (χ2n) is 16.6. The molecule has 324 valence electrons. The topological polar surface area (TPSA) is 133 Å². The highest BCUT2D eigenvalue weighted by Gasteiger charge is 2.74. The highest BCUT2D eigenvalue weighted by molar-refractivity contribution is 7.22. The van der Waals surface area contributed by atoms with Crippen molar-refractivity contribution in [3.05, 3.63) is 191 Å². The van der Waals surface area contributed by atoms with Crippen LogP contribution < -0.4 is 15.4 Å². The SMILES string of the molecule is CN(CC#Cc1ccc2c(c1)C1(C(=O)N2)C(C(=O)Nc2nc3ccccc3s2)C2C(=O)OC(c3ccccc3)C(c3ccccc3)N2C1c1ccc(OCCO)cc1)Cc1ccccc1. The number of cyclic esters (lactones) is 1. The van der Waals surface area contributed by atoms with Crippen LogP contribution in [0.1, 0.15) is 51.6 Å². The minimum atomic E-state index is -1.71. The van der Waals surface area contributed by atoms with Crippen LogP contribution in [0.3, 0.4) is 0 Å². The van der Waals surface area contributed by atoms with Crippen LogP contribution in [-0.4, -0.2) is 70.5 Å². The van der Waals surface area contributed by atoms with Crippen LogP contribution in [0.25, 0.3) is 10.2 Å². The molecule has 7 aromatic rings. The molecule has 2 fully saturated rings. The lowest BCUT2D eigenvalue weighted by Gasteiger charge is -2.46. The fourth-order valence-electron chi connectivity index (χ4n) is 9.92. The van der Waals surface area contributed by atoms with Gasteiger partial charge in [0, 0.05) is 17.8 Å². The summed E-state index contributed by atoms with van der Waals surface area (Å²) in [6, 6.07) is 47.3. The van der Waals surface area contributed by atoms with Gasteiger partial charge in [-0.15, -0.1) is 0 Å².